The fourth-order valence-corrected chi connectivity index (χ4v) is 1.02. The van der Waals surface area contributed by atoms with Gasteiger partial charge in [0.2, 0.25) is 0 Å². The monoisotopic (exact) mass is 199 g/mol. The Balaban J connectivity index is 2.55. The molecule has 5 nitrogen and oxygen atoms in total. The van der Waals surface area contributed by atoms with E-state index in [-0.39, 0.29) is 0 Å². The lowest BCUT2D eigenvalue weighted by atomic mass is 10.2. The van der Waals surface area contributed by atoms with Crippen LogP contribution in [0.2, 0.25) is 0 Å². The molecule has 72 valence electrons. The molecule has 0 spiro atoms. The van der Waals surface area contributed by atoms with Gasteiger partial charge in [-0.25, -0.2) is 5.84 Å². The molecular weight excluding hydrogens is 186 g/mol. The SMILES string of the molecule is Cc1c(CNC(=S)NN)cnn1C. The van der Waals surface area contributed by atoms with Crippen molar-refractivity contribution in [2.75, 3.05) is 0 Å². The number of hydrogen-bond acceptors (Lipinski definition) is 3. The Hall–Kier alpha value is -1.14. The second-order valence-corrected chi connectivity index (χ2v) is 3.11. The molecule has 0 aromatic carbocycles. The summed E-state index contributed by atoms with van der Waals surface area (Å²) < 4.78 is 1.82. The van der Waals surface area contributed by atoms with Gasteiger partial charge in [0, 0.05) is 24.8 Å². The molecule has 0 fully saturated rings. The van der Waals surface area contributed by atoms with Crippen molar-refractivity contribution in [3.8, 4) is 0 Å². The van der Waals surface area contributed by atoms with Gasteiger partial charge in [-0.1, -0.05) is 0 Å². The van der Waals surface area contributed by atoms with Crippen molar-refractivity contribution in [1.82, 2.24) is 20.5 Å². The summed E-state index contributed by atoms with van der Waals surface area (Å²) in [5.74, 6) is 5.10. The van der Waals surface area contributed by atoms with Crippen LogP contribution in [0.4, 0.5) is 0 Å². The highest BCUT2D eigenvalue weighted by Gasteiger charge is 2.02. The summed E-state index contributed by atoms with van der Waals surface area (Å²) in [6.07, 6.45) is 1.81. The summed E-state index contributed by atoms with van der Waals surface area (Å²) in [6, 6.07) is 0. The van der Waals surface area contributed by atoms with E-state index in [9.17, 15) is 0 Å². The van der Waals surface area contributed by atoms with Crippen LogP contribution in [0.5, 0.6) is 0 Å². The lowest BCUT2D eigenvalue weighted by Gasteiger charge is -2.05. The first-order chi connectivity index (χ1) is 6.15. The van der Waals surface area contributed by atoms with Gasteiger partial charge in [-0.15, -0.1) is 0 Å². The van der Waals surface area contributed by atoms with Crippen LogP contribution in [0, 0.1) is 6.92 Å². The molecule has 6 heteroatoms. The van der Waals surface area contributed by atoms with Gasteiger partial charge in [0.05, 0.1) is 6.20 Å². The second kappa shape index (κ2) is 4.20. The van der Waals surface area contributed by atoms with Crippen LogP contribution in [0.25, 0.3) is 0 Å². The number of hydrazine groups is 1. The molecule has 0 saturated heterocycles. The molecule has 1 aromatic heterocycles. The fourth-order valence-electron chi connectivity index (χ4n) is 0.944. The van der Waals surface area contributed by atoms with Gasteiger partial charge in [0.15, 0.2) is 5.11 Å². The summed E-state index contributed by atoms with van der Waals surface area (Å²) in [7, 11) is 1.90. The predicted molar refractivity (Wildman–Crippen MR) is 54.7 cm³/mol. The van der Waals surface area contributed by atoms with Gasteiger partial charge in [-0.05, 0) is 19.1 Å². The molecule has 0 saturated carbocycles. The highest BCUT2D eigenvalue weighted by atomic mass is 32.1. The summed E-state index contributed by atoms with van der Waals surface area (Å²) >= 11 is 4.83. The van der Waals surface area contributed by atoms with Crippen molar-refractivity contribution in [2.45, 2.75) is 13.5 Å². The average molecular weight is 199 g/mol. The molecule has 0 unspecified atom stereocenters. The molecule has 0 bridgehead atoms. The topological polar surface area (TPSA) is 67.9 Å². The van der Waals surface area contributed by atoms with E-state index in [4.69, 9.17) is 18.1 Å². The molecule has 0 aliphatic heterocycles. The summed E-state index contributed by atoms with van der Waals surface area (Å²) in [4.78, 5) is 0. The molecule has 1 heterocycles. The van der Waals surface area contributed by atoms with E-state index in [2.05, 4.69) is 15.8 Å². The Kier molecular flexibility index (Phi) is 3.21. The molecule has 13 heavy (non-hydrogen) atoms. The standard InChI is InChI=1S/C7H13N5S/c1-5-6(4-10-12(5)2)3-9-7(13)11-8/h4H,3,8H2,1-2H3,(H2,9,11,13). The van der Waals surface area contributed by atoms with Gasteiger partial charge in [-0.3, -0.25) is 4.68 Å². The lowest BCUT2D eigenvalue weighted by molar-refractivity contribution is 0.735. The van der Waals surface area contributed by atoms with Crippen molar-refractivity contribution in [1.29, 1.82) is 0 Å². The molecule has 0 aliphatic rings. The van der Waals surface area contributed by atoms with Crippen molar-refractivity contribution in [2.24, 2.45) is 12.9 Å². The first-order valence-electron chi connectivity index (χ1n) is 3.87. The van der Waals surface area contributed by atoms with E-state index in [0.29, 0.717) is 11.7 Å². The number of aryl methyl sites for hydroxylation is 1. The maximum Gasteiger partial charge on any atom is 0.180 e. The number of nitrogens with two attached hydrogens (primary N) is 1. The number of thiocarbonyl (C=S) groups is 1. The molecule has 0 atom stereocenters. The quantitative estimate of drug-likeness (QED) is 0.342. The lowest BCUT2D eigenvalue weighted by Crippen LogP contribution is -2.39. The Morgan fingerprint density at radius 3 is 2.92 bits per heavy atom. The third kappa shape index (κ3) is 2.40. The van der Waals surface area contributed by atoms with Crippen molar-refractivity contribution >= 4 is 17.3 Å². The van der Waals surface area contributed by atoms with Gasteiger partial charge >= 0.3 is 0 Å². The second-order valence-electron chi connectivity index (χ2n) is 2.71. The Morgan fingerprint density at radius 2 is 2.46 bits per heavy atom. The molecule has 1 rings (SSSR count). The summed E-state index contributed by atoms with van der Waals surface area (Å²) in [6.45, 7) is 2.64. The zero-order valence-electron chi connectivity index (χ0n) is 7.66. The normalized spacial score (nSPS) is 9.77. The maximum atomic E-state index is 5.10. The van der Waals surface area contributed by atoms with Crippen LogP contribution in [0.1, 0.15) is 11.3 Å². The molecule has 0 radical (unpaired) electrons. The molecule has 0 aliphatic carbocycles. The Labute approximate surface area is 82.3 Å². The smallest absolute Gasteiger partial charge is 0.180 e. The number of nitrogens with one attached hydrogen (secondary N) is 2. The third-order valence-electron chi connectivity index (χ3n) is 1.91. The third-order valence-corrected chi connectivity index (χ3v) is 2.17. The number of nitrogens with zero attached hydrogens (tertiary/aromatic N) is 2. The largest absolute Gasteiger partial charge is 0.357 e. The van der Waals surface area contributed by atoms with Crippen molar-refractivity contribution in [3.63, 3.8) is 0 Å². The minimum Gasteiger partial charge on any atom is -0.357 e. The van der Waals surface area contributed by atoms with Crippen LogP contribution in [0.15, 0.2) is 6.20 Å². The summed E-state index contributed by atoms with van der Waals surface area (Å²) in [5.41, 5.74) is 4.58. The van der Waals surface area contributed by atoms with Gasteiger partial charge in [0.25, 0.3) is 0 Å². The minimum atomic E-state index is 0.434. The van der Waals surface area contributed by atoms with Crippen molar-refractivity contribution in [3.05, 3.63) is 17.5 Å². The van der Waals surface area contributed by atoms with E-state index in [1.807, 2.05) is 24.9 Å². The van der Waals surface area contributed by atoms with E-state index >= 15 is 0 Å². The number of hydrogen-bond donors (Lipinski definition) is 3. The molecule has 0 amide bonds. The fraction of sp³-hybridized carbons (Fsp3) is 0.429. The van der Waals surface area contributed by atoms with E-state index < -0.39 is 0 Å². The first-order valence-corrected chi connectivity index (χ1v) is 4.28. The van der Waals surface area contributed by atoms with E-state index in [1.54, 1.807) is 0 Å². The molecule has 1 aromatic rings. The highest BCUT2D eigenvalue weighted by Crippen LogP contribution is 2.04. The van der Waals surface area contributed by atoms with Crippen LogP contribution in [-0.4, -0.2) is 14.9 Å². The van der Waals surface area contributed by atoms with Crippen LogP contribution in [0.3, 0.4) is 0 Å². The maximum absolute atomic E-state index is 5.10. The van der Waals surface area contributed by atoms with Crippen LogP contribution >= 0.6 is 12.2 Å². The Morgan fingerprint density at radius 1 is 1.77 bits per heavy atom. The number of aromatic nitrogens is 2. The minimum absolute atomic E-state index is 0.434. The number of rotatable bonds is 2. The van der Waals surface area contributed by atoms with E-state index in [0.717, 1.165) is 11.3 Å². The van der Waals surface area contributed by atoms with Gasteiger partial charge in [0.1, 0.15) is 0 Å². The zero-order valence-corrected chi connectivity index (χ0v) is 8.48. The first kappa shape index (κ1) is 9.94. The van der Waals surface area contributed by atoms with Crippen molar-refractivity contribution < 1.29 is 0 Å². The van der Waals surface area contributed by atoms with Gasteiger partial charge in [-0.2, -0.15) is 5.10 Å². The highest BCUT2D eigenvalue weighted by molar-refractivity contribution is 7.80. The molecule has 4 N–H and O–H groups in total. The van der Waals surface area contributed by atoms with Gasteiger partial charge < -0.3 is 10.7 Å². The zero-order chi connectivity index (χ0) is 9.84. The van der Waals surface area contributed by atoms with Crippen LogP contribution < -0.4 is 16.6 Å². The molecular formula is C7H13N5S. The average Bonchev–Trinajstić information content (AvgIpc) is 2.44. The Bertz CT molecular complexity index is 306. The van der Waals surface area contributed by atoms with E-state index in [1.165, 1.54) is 0 Å². The predicted octanol–water partition coefficient (Wildman–Crippen LogP) is -0.434. The van der Waals surface area contributed by atoms with Crippen LogP contribution in [-0.2, 0) is 13.6 Å². The summed E-state index contributed by atoms with van der Waals surface area (Å²) in [5, 5.41) is 7.48.